The number of nitrogens with zero attached hydrogens (tertiary/aromatic N) is 4. The highest BCUT2D eigenvalue weighted by molar-refractivity contribution is 6.60. The van der Waals surface area contributed by atoms with Gasteiger partial charge in [0, 0.05) is 5.46 Å². The van der Waals surface area contributed by atoms with Crippen LogP contribution >= 0.6 is 0 Å². The molecule has 0 aliphatic heterocycles. The maximum Gasteiger partial charge on any atom is 0.491 e. The van der Waals surface area contributed by atoms with Crippen LogP contribution in [0.4, 0.5) is 0 Å². The lowest BCUT2D eigenvalue weighted by Crippen LogP contribution is -2.34. The van der Waals surface area contributed by atoms with Crippen molar-refractivity contribution in [3.63, 3.8) is 0 Å². The van der Waals surface area contributed by atoms with Gasteiger partial charge in [0.15, 0.2) is 0 Å². The lowest BCUT2D eigenvalue weighted by molar-refractivity contribution is 0.425. The van der Waals surface area contributed by atoms with Crippen LogP contribution in [0.1, 0.15) is 22.3 Å². The van der Waals surface area contributed by atoms with Crippen LogP contribution in [0.5, 0.6) is 0 Å². The molecule has 0 bridgehead atoms. The maximum atomic E-state index is 8.90. The molecule has 7 heteroatoms. The minimum atomic E-state index is -1.79. The Morgan fingerprint density at radius 2 is 1.13 bits per heavy atom. The summed E-state index contributed by atoms with van der Waals surface area (Å²) in [6, 6.07) is 18.4. The van der Waals surface area contributed by atoms with Crippen LogP contribution in [0.15, 0.2) is 42.5 Å². The second-order valence-corrected chi connectivity index (χ2v) is 4.17. The van der Waals surface area contributed by atoms with Gasteiger partial charge in [0.25, 0.3) is 0 Å². The quantitative estimate of drug-likeness (QED) is 0.738. The van der Waals surface area contributed by atoms with E-state index in [-0.39, 0.29) is 16.6 Å². The van der Waals surface area contributed by atoms with Crippen molar-refractivity contribution < 1.29 is 10.0 Å². The van der Waals surface area contributed by atoms with E-state index in [1.54, 1.807) is 36.4 Å². The van der Waals surface area contributed by atoms with Crippen molar-refractivity contribution in [3.05, 3.63) is 64.7 Å². The summed E-state index contributed by atoms with van der Waals surface area (Å²) in [6.07, 6.45) is 0. The number of hydrogen-bond donors (Lipinski definition) is 2. The molecule has 23 heavy (non-hydrogen) atoms. The molecule has 0 saturated carbocycles. The summed E-state index contributed by atoms with van der Waals surface area (Å²) in [6.45, 7) is 0. The highest BCUT2D eigenvalue weighted by Crippen LogP contribution is 2.01. The highest BCUT2D eigenvalue weighted by atomic mass is 16.4. The van der Waals surface area contributed by atoms with Crippen molar-refractivity contribution in [3.8, 4) is 24.3 Å². The second kappa shape index (κ2) is 8.62. The summed E-state index contributed by atoms with van der Waals surface area (Å²) in [5, 5.41) is 51.8. The van der Waals surface area contributed by atoms with Crippen molar-refractivity contribution in [2.24, 2.45) is 0 Å². The van der Waals surface area contributed by atoms with Crippen molar-refractivity contribution in [1.82, 2.24) is 0 Å². The fourth-order valence-corrected chi connectivity index (χ4v) is 1.70. The van der Waals surface area contributed by atoms with Gasteiger partial charge in [0.2, 0.25) is 0 Å². The van der Waals surface area contributed by atoms with Gasteiger partial charge in [-0.25, -0.2) is 0 Å². The SMILES string of the molecule is N#Cc1cccc(C#N)c1.N#Cc1cccc(C#N)c1B(O)O. The summed E-state index contributed by atoms with van der Waals surface area (Å²) < 4.78 is 0. The van der Waals surface area contributed by atoms with Crippen molar-refractivity contribution >= 4 is 12.6 Å². The Morgan fingerprint density at radius 3 is 1.48 bits per heavy atom. The topological polar surface area (TPSA) is 136 Å². The van der Waals surface area contributed by atoms with E-state index < -0.39 is 7.12 Å². The molecule has 0 aromatic heterocycles. The van der Waals surface area contributed by atoms with E-state index in [2.05, 4.69) is 0 Å². The molecular weight excluding hydrogens is 291 g/mol. The molecule has 0 heterocycles. The van der Waals surface area contributed by atoms with Crippen LogP contribution in [0.3, 0.4) is 0 Å². The largest absolute Gasteiger partial charge is 0.491 e. The van der Waals surface area contributed by atoms with Crippen LogP contribution in [0.2, 0.25) is 0 Å². The molecule has 0 spiro atoms. The van der Waals surface area contributed by atoms with Crippen molar-refractivity contribution in [2.45, 2.75) is 0 Å². The highest BCUT2D eigenvalue weighted by Gasteiger charge is 2.19. The second-order valence-electron chi connectivity index (χ2n) is 4.17. The predicted molar refractivity (Wildman–Crippen MR) is 81.6 cm³/mol. The van der Waals surface area contributed by atoms with Crippen LogP contribution in [0.25, 0.3) is 0 Å². The average molecular weight is 300 g/mol. The summed E-state index contributed by atoms with van der Waals surface area (Å²) in [4.78, 5) is 0. The van der Waals surface area contributed by atoms with Gasteiger partial charge in [0.1, 0.15) is 0 Å². The average Bonchev–Trinajstić information content (AvgIpc) is 2.61. The molecule has 0 fully saturated rings. The number of benzene rings is 2. The molecule has 0 saturated heterocycles. The van der Waals surface area contributed by atoms with Gasteiger partial charge < -0.3 is 10.0 Å². The van der Waals surface area contributed by atoms with Crippen molar-refractivity contribution in [1.29, 1.82) is 21.0 Å². The monoisotopic (exact) mass is 300 g/mol. The minimum Gasteiger partial charge on any atom is -0.423 e. The zero-order valence-corrected chi connectivity index (χ0v) is 11.8. The predicted octanol–water partition coefficient (Wildman–Crippen LogP) is 0.540. The molecule has 6 nitrogen and oxygen atoms in total. The Labute approximate surface area is 133 Å². The summed E-state index contributed by atoms with van der Waals surface area (Å²) in [5.41, 5.74) is 1.23. The number of nitriles is 4. The van der Waals surface area contributed by atoms with Gasteiger partial charge >= 0.3 is 7.12 Å². The third kappa shape index (κ3) is 4.71. The molecule has 0 radical (unpaired) electrons. The third-order valence-corrected chi connectivity index (χ3v) is 2.73. The zero-order valence-electron chi connectivity index (χ0n) is 11.8. The van der Waals surface area contributed by atoms with E-state index in [0.717, 1.165) is 0 Å². The lowest BCUT2D eigenvalue weighted by Gasteiger charge is -2.03. The van der Waals surface area contributed by atoms with Gasteiger partial charge in [-0.05, 0) is 30.3 Å². The Morgan fingerprint density at radius 1 is 0.696 bits per heavy atom. The van der Waals surface area contributed by atoms with E-state index in [1.807, 2.05) is 12.1 Å². The molecule has 0 aliphatic rings. The summed E-state index contributed by atoms with van der Waals surface area (Å²) in [7, 11) is -1.79. The van der Waals surface area contributed by atoms with Gasteiger partial charge in [-0.15, -0.1) is 0 Å². The molecular formula is C16H9BN4O2. The molecule has 2 aromatic rings. The first-order chi connectivity index (χ1) is 11.1. The molecule has 108 valence electrons. The standard InChI is InChI=1S/C8H5BN2O2.C8H4N2/c10-4-6-2-1-3-7(5-11)8(6)9(12)13;9-5-7-2-1-3-8(4-7)6-10/h1-3,12-13H;1-4H. The molecule has 0 unspecified atom stereocenters. The Balaban J connectivity index is 0.000000238. The van der Waals surface area contributed by atoms with E-state index in [1.165, 1.54) is 18.2 Å². The van der Waals surface area contributed by atoms with E-state index in [4.69, 9.17) is 31.1 Å². The molecule has 2 N–H and O–H groups in total. The van der Waals surface area contributed by atoms with Gasteiger partial charge in [-0.3, -0.25) is 0 Å². The Hall–Kier alpha value is -3.62. The molecule has 2 aromatic carbocycles. The Bertz CT molecular complexity index is 806. The smallest absolute Gasteiger partial charge is 0.423 e. The van der Waals surface area contributed by atoms with Crippen LogP contribution in [-0.2, 0) is 0 Å². The molecule has 0 atom stereocenters. The first kappa shape index (κ1) is 17.4. The van der Waals surface area contributed by atoms with Gasteiger partial charge in [-0.2, -0.15) is 21.0 Å². The fraction of sp³-hybridized carbons (Fsp3) is 0. The van der Waals surface area contributed by atoms with Gasteiger partial charge in [0.05, 0.1) is 46.5 Å². The molecule has 0 aliphatic carbocycles. The van der Waals surface area contributed by atoms with Crippen LogP contribution in [-0.4, -0.2) is 17.2 Å². The normalized spacial score (nSPS) is 8.26. The minimum absolute atomic E-state index is 0.0347. The van der Waals surface area contributed by atoms with E-state index in [9.17, 15) is 0 Å². The first-order valence-electron chi connectivity index (χ1n) is 6.26. The lowest BCUT2D eigenvalue weighted by atomic mass is 9.74. The maximum absolute atomic E-state index is 8.90. The zero-order chi connectivity index (χ0) is 17.2. The van der Waals surface area contributed by atoms with E-state index >= 15 is 0 Å². The molecule has 2 rings (SSSR count). The van der Waals surface area contributed by atoms with Crippen LogP contribution in [0, 0.1) is 45.3 Å². The fourth-order valence-electron chi connectivity index (χ4n) is 1.70. The van der Waals surface area contributed by atoms with Crippen LogP contribution < -0.4 is 5.46 Å². The van der Waals surface area contributed by atoms with E-state index in [0.29, 0.717) is 11.1 Å². The third-order valence-electron chi connectivity index (χ3n) is 2.73. The number of rotatable bonds is 1. The molecule has 0 amide bonds. The summed E-state index contributed by atoms with van der Waals surface area (Å²) in [5.74, 6) is 0. The Kier molecular flexibility index (Phi) is 6.54. The van der Waals surface area contributed by atoms with Gasteiger partial charge in [-0.1, -0.05) is 12.1 Å². The first-order valence-corrected chi connectivity index (χ1v) is 6.26. The van der Waals surface area contributed by atoms with Crippen molar-refractivity contribution in [2.75, 3.05) is 0 Å². The summed E-state index contributed by atoms with van der Waals surface area (Å²) >= 11 is 0. The number of hydrogen-bond acceptors (Lipinski definition) is 6.